The molecule has 2 saturated carbocycles. The molecule has 1 spiro atoms. The fourth-order valence-corrected chi connectivity index (χ4v) is 5.60. The van der Waals surface area contributed by atoms with Crippen LogP contribution < -0.4 is 5.69 Å². The summed E-state index contributed by atoms with van der Waals surface area (Å²) in [5.41, 5.74) is -0.812. The van der Waals surface area contributed by atoms with E-state index in [9.17, 15) is 9.59 Å². The fraction of sp³-hybridized carbons (Fsp3) is 0.812. The standard InChI is InChI=1S/C16H24N4O3S/c1-15(2)8-20(12(21)7-24-14-17-13(22)18-19-14)9-16(23-15)6-10-3-4-11(16)5-10/h10-11H,3-9H2,1-2H3,(H2,17,18,19,22)/t10-,11+,16+/m1/s1. The summed E-state index contributed by atoms with van der Waals surface area (Å²) in [5, 5.41) is 6.61. The zero-order valence-corrected chi connectivity index (χ0v) is 14.9. The van der Waals surface area contributed by atoms with Gasteiger partial charge in [-0.05, 0) is 51.4 Å². The molecule has 1 amide bonds. The minimum Gasteiger partial charge on any atom is -0.365 e. The highest BCUT2D eigenvalue weighted by atomic mass is 32.2. The van der Waals surface area contributed by atoms with E-state index in [0.29, 0.717) is 24.2 Å². The van der Waals surface area contributed by atoms with Gasteiger partial charge in [0.25, 0.3) is 0 Å². The Balaban J connectivity index is 1.46. The molecule has 4 rings (SSSR count). The first-order chi connectivity index (χ1) is 11.4. The summed E-state index contributed by atoms with van der Waals surface area (Å²) in [6, 6.07) is 0. The van der Waals surface area contributed by atoms with E-state index in [1.807, 2.05) is 4.90 Å². The number of morpholine rings is 1. The van der Waals surface area contributed by atoms with E-state index >= 15 is 0 Å². The smallest absolute Gasteiger partial charge is 0.341 e. The Morgan fingerprint density at radius 1 is 1.42 bits per heavy atom. The van der Waals surface area contributed by atoms with Gasteiger partial charge in [-0.25, -0.2) is 9.89 Å². The first-order valence-corrected chi connectivity index (χ1v) is 9.59. The fourth-order valence-electron chi connectivity index (χ4n) is 4.89. The number of hydrogen-bond acceptors (Lipinski definition) is 5. The molecule has 2 heterocycles. The van der Waals surface area contributed by atoms with Crippen LogP contribution in [-0.4, -0.2) is 56.0 Å². The largest absolute Gasteiger partial charge is 0.365 e. The molecule has 3 atom stereocenters. The van der Waals surface area contributed by atoms with Crippen LogP contribution in [0.3, 0.4) is 0 Å². The van der Waals surface area contributed by atoms with Gasteiger partial charge in [0.1, 0.15) is 0 Å². The summed E-state index contributed by atoms with van der Waals surface area (Å²) >= 11 is 1.26. The van der Waals surface area contributed by atoms with Crippen molar-refractivity contribution < 1.29 is 9.53 Å². The molecule has 1 saturated heterocycles. The molecule has 1 aromatic heterocycles. The molecule has 0 radical (unpaired) electrons. The molecular weight excluding hydrogens is 328 g/mol. The number of amides is 1. The van der Waals surface area contributed by atoms with E-state index < -0.39 is 0 Å². The monoisotopic (exact) mass is 352 g/mol. The van der Waals surface area contributed by atoms with E-state index in [-0.39, 0.29) is 28.6 Å². The number of nitrogens with zero attached hydrogens (tertiary/aromatic N) is 2. The second kappa shape index (κ2) is 5.62. The summed E-state index contributed by atoms with van der Waals surface area (Å²) < 4.78 is 6.54. The van der Waals surface area contributed by atoms with E-state index in [1.54, 1.807) is 0 Å². The van der Waals surface area contributed by atoms with Crippen molar-refractivity contribution >= 4 is 17.7 Å². The number of carbonyl (C=O) groups excluding carboxylic acids is 1. The van der Waals surface area contributed by atoms with Crippen molar-refractivity contribution in [2.24, 2.45) is 11.8 Å². The Morgan fingerprint density at radius 2 is 2.25 bits per heavy atom. The van der Waals surface area contributed by atoms with Crippen LogP contribution in [0, 0.1) is 11.8 Å². The maximum Gasteiger partial charge on any atom is 0.341 e. The highest BCUT2D eigenvalue weighted by molar-refractivity contribution is 7.99. The minimum absolute atomic E-state index is 0.0855. The van der Waals surface area contributed by atoms with Crippen LogP contribution in [0.25, 0.3) is 0 Å². The molecule has 2 N–H and O–H groups in total. The van der Waals surface area contributed by atoms with Gasteiger partial charge in [0.2, 0.25) is 5.91 Å². The number of aromatic nitrogens is 3. The van der Waals surface area contributed by atoms with Gasteiger partial charge >= 0.3 is 5.69 Å². The average Bonchev–Trinajstić information content (AvgIpc) is 3.19. The third kappa shape index (κ3) is 2.90. The van der Waals surface area contributed by atoms with Crippen LogP contribution in [0.15, 0.2) is 9.95 Å². The van der Waals surface area contributed by atoms with Crippen molar-refractivity contribution in [2.45, 2.75) is 55.9 Å². The van der Waals surface area contributed by atoms with Gasteiger partial charge in [-0.3, -0.25) is 9.78 Å². The predicted molar refractivity (Wildman–Crippen MR) is 89.9 cm³/mol. The Labute approximate surface area is 144 Å². The van der Waals surface area contributed by atoms with Crippen molar-refractivity contribution in [1.29, 1.82) is 0 Å². The van der Waals surface area contributed by atoms with Crippen LogP contribution in [0.2, 0.25) is 0 Å². The number of H-pyrrole nitrogens is 2. The predicted octanol–water partition coefficient (Wildman–Crippen LogP) is 1.39. The average molecular weight is 352 g/mol. The molecular formula is C16H24N4O3S. The van der Waals surface area contributed by atoms with Gasteiger partial charge in [-0.1, -0.05) is 11.8 Å². The Morgan fingerprint density at radius 3 is 2.88 bits per heavy atom. The molecule has 7 nitrogen and oxygen atoms in total. The van der Waals surface area contributed by atoms with Gasteiger partial charge in [-0.15, -0.1) is 5.10 Å². The molecule has 132 valence electrons. The Hall–Kier alpha value is -1.28. The quantitative estimate of drug-likeness (QED) is 0.802. The maximum atomic E-state index is 12.7. The lowest BCUT2D eigenvalue weighted by molar-refractivity contribution is -0.217. The van der Waals surface area contributed by atoms with Crippen molar-refractivity contribution in [1.82, 2.24) is 20.1 Å². The molecule has 2 aliphatic carbocycles. The third-order valence-electron chi connectivity index (χ3n) is 5.59. The number of rotatable bonds is 3. The molecule has 1 aromatic rings. The van der Waals surface area contributed by atoms with Gasteiger partial charge in [0, 0.05) is 6.54 Å². The van der Waals surface area contributed by atoms with E-state index in [1.165, 1.54) is 31.0 Å². The molecule has 0 unspecified atom stereocenters. The number of nitrogens with one attached hydrogen (secondary N) is 2. The van der Waals surface area contributed by atoms with E-state index in [4.69, 9.17) is 4.74 Å². The lowest BCUT2D eigenvalue weighted by Crippen LogP contribution is -2.63. The lowest BCUT2D eigenvalue weighted by atomic mass is 9.81. The normalized spacial score (nSPS) is 34.2. The van der Waals surface area contributed by atoms with Crippen LogP contribution in [0.4, 0.5) is 0 Å². The maximum absolute atomic E-state index is 12.7. The van der Waals surface area contributed by atoms with Gasteiger partial charge in [0.15, 0.2) is 5.16 Å². The Kier molecular flexibility index (Phi) is 3.80. The lowest BCUT2D eigenvalue weighted by Gasteiger charge is -2.52. The Bertz CT molecular complexity index is 699. The SMILES string of the molecule is CC1(C)CN(C(=O)CSc2n[nH]c(=O)[nH]2)C[C@]2(C[C@@H]3CC[C@H]2C3)O1. The molecule has 3 fully saturated rings. The molecule has 0 aromatic carbocycles. The zero-order chi connectivity index (χ0) is 16.9. The number of thioether (sulfide) groups is 1. The first kappa shape index (κ1) is 16.2. The topological polar surface area (TPSA) is 91.1 Å². The van der Waals surface area contributed by atoms with Crippen LogP contribution in [0.1, 0.15) is 39.5 Å². The van der Waals surface area contributed by atoms with Gasteiger partial charge < -0.3 is 9.64 Å². The van der Waals surface area contributed by atoms with Crippen molar-refractivity contribution in [3.05, 3.63) is 10.5 Å². The summed E-state index contributed by atoms with van der Waals surface area (Å²) in [7, 11) is 0. The van der Waals surface area contributed by atoms with Crippen LogP contribution >= 0.6 is 11.8 Å². The van der Waals surface area contributed by atoms with Gasteiger partial charge in [-0.2, -0.15) is 0 Å². The summed E-state index contributed by atoms with van der Waals surface area (Å²) in [6.45, 7) is 5.48. The third-order valence-corrected chi connectivity index (χ3v) is 6.45. The van der Waals surface area contributed by atoms with E-state index in [2.05, 4.69) is 29.0 Å². The number of ether oxygens (including phenoxy) is 1. The van der Waals surface area contributed by atoms with Crippen molar-refractivity contribution in [2.75, 3.05) is 18.8 Å². The summed E-state index contributed by atoms with van der Waals surface area (Å²) in [4.78, 5) is 28.3. The second-order valence-electron chi connectivity index (χ2n) is 8.03. The molecule has 2 bridgehead atoms. The van der Waals surface area contributed by atoms with Gasteiger partial charge in [0.05, 0.1) is 23.5 Å². The zero-order valence-electron chi connectivity index (χ0n) is 14.1. The van der Waals surface area contributed by atoms with Crippen LogP contribution in [-0.2, 0) is 9.53 Å². The molecule has 3 aliphatic rings. The number of fused-ring (bicyclic) bond motifs is 3. The highest BCUT2D eigenvalue weighted by Gasteiger charge is 2.57. The molecule has 1 aliphatic heterocycles. The second-order valence-corrected chi connectivity index (χ2v) is 8.99. The number of hydrogen-bond donors (Lipinski definition) is 2. The number of aromatic amines is 2. The molecule has 24 heavy (non-hydrogen) atoms. The van der Waals surface area contributed by atoms with Crippen molar-refractivity contribution in [3.63, 3.8) is 0 Å². The van der Waals surface area contributed by atoms with Crippen LogP contribution in [0.5, 0.6) is 0 Å². The number of carbonyl (C=O) groups is 1. The molecule has 8 heteroatoms. The van der Waals surface area contributed by atoms with E-state index in [0.717, 1.165) is 12.3 Å². The minimum atomic E-state index is -0.349. The first-order valence-electron chi connectivity index (χ1n) is 8.61. The summed E-state index contributed by atoms with van der Waals surface area (Å²) in [5.74, 6) is 1.72. The summed E-state index contributed by atoms with van der Waals surface area (Å²) in [6.07, 6.45) is 4.88. The van der Waals surface area contributed by atoms with Crippen molar-refractivity contribution in [3.8, 4) is 0 Å². The highest BCUT2D eigenvalue weighted by Crippen LogP contribution is 2.55.